The summed E-state index contributed by atoms with van der Waals surface area (Å²) >= 11 is 0. The van der Waals surface area contributed by atoms with Crippen LogP contribution in [-0.2, 0) is 0 Å². The molecule has 0 aromatic rings. The summed E-state index contributed by atoms with van der Waals surface area (Å²) < 4.78 is 0. The van der Waals surface area contributed by atoms with Gasteiger partial charge in [-0.3, -0.25) is 4.99 Å². The Morgan fingerprint density at radius 1 is 1.42 bits per heavy atom. The fraction of sp³-hybridized carbons (Fsp3) is 0.727. The summed E-state index contributed by atoms with van der Waals surface area (Å²) in [5.41, 5.74) is 1.30. The maximum Gasteiger partial charge on any atom is 0.0276 e. The van der Waals surface area contributed by atoms with Gasteiger partial charge in [-0.1, -0.05) is 26.0 Å². The van der Waals surface area contributed by atoms with Gasteiger partial charge in [0.25, 0.3) is 0 Å². The molecule has 0 fully saturated rings. The lowest BCUT2D eigenvalue weighted by atomic mass is 9.75. The number of nitrogens with zero attached hydrogens (tertiary/aromatic N) is 1. The second kappa shape index (κ2) is 3.88. The third-order valence-electron chi connectivity index (χ3n) is 2.96. The molecule has 0 aromatic heterocycles. The van der Waals surface area contributed by atoms with Crippen LogP contribution in [0.25, 0.3) is 0 Å². The van der Waals surface area contributed by atoms with E-state index in [1.165, 1.54) is 12.1 Å². The second-order valence-electron chi connectivity index (χ2n) is 3.89. The summed E-state index contributed by atoms with van der Waals surface area (Å²) in [6.45, 7) is 6.75. The van der Waals surface area contributed by atoms with Gasteiger partial charge in [0.05, 0.1) is 0 Å². The van der Waals surface area contributed by atoms with Crippen molar-refractivity contribution < 1.29 is 0 Å². The minimum atomic E-state index is 0.664. The normalized spacial score (nSPS) is 37.0. The third-order valence-corrected chi connectivity index (χ3v) is 2.96. The van der Waals surface area contributed by atoms with Gasteiger partial charge in [-0.15, -0.1) is 0 Å². The fourth-order valence-electron chi connectivity index (χ4n) is 2.23. The van der Waals surface area contributed by atoms with Gasteiger partial charge < -0.3 is 0 Å². The van der Waals surface area contributed by atoms with Crippen molar-refractivity contribution in [2.45, 2.75) is 27.2 Å². The summed E-state index contributed by atoms with van der Waals surface area (Å²) in [5.74, 6) is 2.09. The zero-order valence-corrected chi connectivity index (χ0v) is 8.54. The quantitative estimate of drug-likeness (QED) is 0.418. The number of hydrogen-bond acceptors (Lipinski definition) is 1. The van der Waals surface area contributed by atoms with E-state index in [0.29, 0.717) is 11.8 Å². The minimum absolute atomic E-state index is 0.664. The van der Waals surface area contributed by atoms with Crippen molar-refractivity contribution in [3.8, 4) is 0 Å². The highest BCUT2D eigenvalue weighted by atomic mass is 14.7. The van der Waals surface area contributed by atoms with Crippen LogP contribution in [0, 0.1) is 17.8 Å². The molecule has 0 saturated carbocycles. The van der Waals surface area contributed by atoms with Crippen molar-refractivity contribution in [2.75, 3.05) is 7.05 Å². The van der Waals surface area contributed by atoms with Crippen LogP contribution in [0.1, 0.15) is 27.2 Å². The van der Waals surface area contributed by atoms with Crippen LogP contribution in [0.5, 0.6) is 0 Å². The van der Waals surface area contributed by atoms with E-state index < -0.39 is 0 Å². The molecule has 0 heterocycles. The van der Waals surface area contributed by atoms with Crippen molar-refractivity contribution in [1.82, 2.24) is 0 Å². The Bertz CT molecular complexity index is 203. The van der Waals surface area contributed by atoms with Crippen molar-refractivity contribution in [3.05, 3.63) is 12.2 Å². The van der Waals surface area contributed by atoms with E-state index in [1.807, 2.05) is 7.05 Å². The Kier molecular flexibility index (Phi) is 3.07. The van der Waals surface area contributed by atoms with Crippen LogP contribution in [0.2, 0.25) is 0 Å². The molecule has 1 nitrogen and oxygen atoms in total. The SMILES string of the molecule is CN=C(C)C1C(C)C=CCC1C. The lowest BCUT2D eigenvalue weighted by molar-refractivity contribution is 0.365. The highest BCUT2D eigenvalue weighted by molar-refractivity contribution is 5.85. The van der Waals surface area contributed by atoms with E-state index in [0.717, 1.165) is 5.92 Å². The van der Waals surface area contributed by atoms with E-state index in [9.17, 15) is 0 Å². The van der Waals surface area contributed by atoms with E-state index in [4.69, 9.17) is 0 Å². The molecule has 0 N–H and O–H groups in total. The average molecular weight is 165 g/mol. The Balaban J connectivity index is 2.79. The molecule has 3 atom stereocenters. The number of hydrogen-bond donors (Lipinski definition) is 0. The predicted octanol–water partition coefficient (Wildman–Crippen LogP) is 2.93. The average Bonchev–Trinajstić information content (AvgIpc) is 2.03. The van der Waals surface area contributed by atoms with Gasteiger partial charge in [-0.05, 0) is 25.2 Å². The van der Waals surface area contributed by atoms with Gasteiger partial charge in [-0.2, -0.15) is 0 Å². The molecule has 1 rings (SSSR count). The van der Waals surface area contributed by atoms with Crippen LogP contribution in [0.3, 0.4) is 0 Å². The van der Waals surface area contributed by atoms with Crippen LogP contribution >= 0.6 is 0 Å². The van der Waals surface area contributed by atoms with Crippen molar-refractivity contribution in [1.29, 1.82) is 0 Å². The minimum Gasteiger partial charge on any atom is -0.297 e. The van der Waals surface area contributed by atoms with Crippen molar-refractivity contribution >= 4 is 5.71 Å². The molecule has 12 heavy (non-hydrogen) atoms. The first-order chi connectivity index (χ1) is 5.66. The lowest BCUT2D eigenvalue weighted by Gasteiger charge is -2.30. The van der Waals surface area contributed by atoms with Crippen LogP contribution in [0.15, 0.2) is 17.1 Å². The maximum atomic E-state index is 4.30. The highest BCUT2D eigenvalue weighted by Crippen LogP contribution is 2.30. The summed E-state index contributed by atoms with van der Waals surface area (Å²) in [7, 11) is 1.90. The Morgan fingerprint density at radius 2 is 2.08 bits per heavy atom. The first-order valence-electron chi connectivity index (χ1n) is 4.76. The first-order valence-corrected chi connectivity index (χ1v) is 4.76. The first kappa shape index (κ1) is 9.50. The molecule has 0 aliphatic heterocycles. The molecular weight excluding hydrogens is 146 g/mol. The largest absolute Gasteiger partial charge is 0.297 e. The number of allylic oxidation sites excluding steroid dienone is 2. The second-order valence-corrected chi connectivity index (χ2v) is 3.89. The molecule has 3 unspecified atom stereocenters. The highest BCUT2D eigenvalue weighted by Gasteiger charge is 2.26. The standard InChI is InChI=1S/C11H19N/c1-8-6-5-7-9(2)11(8)10(3)12-4/h5-6,8-9,11H,7H2,1-4H3. The summed E-state index contributed by atoms with van der Waals surface area (Å²) in [6.07, 6.45) is 5.83. The molecule has 1 heteroatoms. The van der Waals surface area contributed by atoms with Gasteiger partial charge in [0.2, 0.25) is 0 Å². The molecular formula is C11H19N. The predicted molar refractivity (Wildman–Crippen MR) is 54.6 cm³/mol. The van der Waals surface area contributed by atoms with Gasteiger partial charge in [0, 0.05) is 18.7 Å². The smallest absolute Gasteiger partial charge is 0.0276 e. The number of aliphatic imine (C=N–C) groups is 1. The summed E-state index contributed by atoms with van der Waals surface area (Å²) in [5, 5.41) is 0. The lowest BCUT2D eigenvalue weighted by Crippen LogP contribution is -2.27. The topological polar surface area (TPSA) is 12.4 Å². The van der Waals surface area contributed by atoms with Crippen molar-refractivity contribution in [2.24, 2.45) is 22.7 Å². The van der Waals surface area contributed by atoms with Gasteiger partial charge in [0.15, 0.2) is 0 Å². The molecule has 0 spiro atoms. The Morgan fingerprint density at radius 3 is 2.58 bits per heavy atom. The zero-order chi connectivity index (χ0) is 9.14. The van der Waals surface area contributed by atoms with Gasteiger partial charge in [-0.25, -0.2) is 0 Å². The van der Waals surface area contributed by atoms with Crippen LogP contribution < -0.4 is 0 Å². The molecule has 1 aliphatic carbocycles. The fourth-order valence-corrected chi connectivity index (χ4v) is 2.23. The van der Waals surface area contributed by atoms with Crippen molar-refractivity contribution in [3.63, 3.8) is 0 Å². The molecule has 0 amide bonds. The molecule has 0 bridgehead atoms. The summed E-state index contributed by atoms with van der Waals surface area (Å²) in [6, 6.07) is 0. The Labute approximate surface area is 75.6 Å². The maximum absolute atomic E-state index is 4.30. The molecule has 0 radical (unpaired) electrons. The third kappa shape index (κ3) is 1.77. The van der Waals surface area contributed by atoms with E-state index in [1.54, 1.807) is 0 Å². The molecule has 1 aliphatic rings. The summed E-state index contributed by atoms with van der Waals surface area (Å²) in [4.78, 5) is 4.30. The van der Waals surface area contributed by atoms with Gasteiger partial charge in [0.1, 0.15) is 0 Å². The van der Waals surface area contributed by atoms with E-state index in [2.05, 4.69) is 37.9 Å². The van der Waals surface area contributed by atoms with Crippen LogP contribution in [0.4, 0.5) is 0 Å². The number of rotatable bonds is 1. The van der Waals surface area contributed by atoms with E-state index >= 15 is 0 Å². The van der Waals surface area contributed by atoms with Gasteiger partial charge >= 0.3 is 0 Å². The molecule has 0 saturated heterocycles. The molecule has 68 valence electrons. The van der Waals surface area contributed by atoms with Crippen LogP contribution in [-0.4, -0.2) is 12.8 Å². The monoisotopic (exact) mass is 165 g/mol. The molecule has 0 aromatic carbocycles. The zero-order valence-electron chi connectivity index (χ0n) is 8.54. The Hall–Kier alpha value is -0.590. The van der Waals surface area contributed by atoms with E-state index in [-0.39, 0.29) is 0 Å².